The Morgan fingerprint density at radius 3 is 2.36 bits per heavy atom. The highest BCUT2D eigenvalue weighted by Crippen LogP contribution is 2.35. The molecule has 0 aliphatic heterocycles. The van der Waals surface area contributed by atoms with Gasteiger partial charge in [0.05, 0.1) is 9.13 Å². The zero-order valence-electron chi connectivity index (χ0n) is 7.32. The molecule has 0 aliphatic carbocycles. The number of benzene rings is 1. The Hall–Kier alpha value is -0.460. The topological polar surface area (TPSA) is 20.2 Å². The second-order valence-corrected chi connectivity index (χ2v) is 3.90. The van der Waals surface area contributed by atoms with Crippen LogP contribution in [0.3, 0.4) is 0 Å². The molecule has 78 valence electrons. The molecule has 0 bridgehead atoms. The molecule has 0 unspecified atom stereocenters. The van der Waals surface area contributed by atoms with Gasteiger partial charge in [-0.3, -0.25) is 0 Å². The number of rotatable bonds is 1. The smallest absolute Gasteiger partial charge is 0.416 e. The third-order valence-electron chi connectivity index (χ3n) is 1.84. The second kappa shape index (κ2) is 3.96. The van der Waals surface area contributed by atoms with Gasteiger partial charge in [-0.25, -0.2) is 0 Å². The van der Waals surface area contributed by atoms with E-state index in [-0.39, 0.29) is 5.75 Å². The van der Waals surface area contributed by atoms with Crippen molar-refractivity contribution in [1.29, 1.82) is 0 Å². The quantitative estimate of drug-likeness (QED) is 0.785. The summed E-state index contributed by atoms with van der Waals surface area (Å²) in [5.74, 6) is -0.308. The van der Waals surface area contributed by atoms with Crippen LogP contribution in [0, 0.1) is 3.57 Å². The third kappa shape index (κ3) is 2.31. The van der Waals surface area contributed by atoms with Crippen molar-refractivity contribution >= 4 is 22.6 Å². The van der Waals surface area contributed by atoms with Crippen LogP contribution in [0.25, 0.3) is 0 Å². The van der Waals surface area contributed by atoms with E-state index < -0.39 is 11.7 Å². The van der Waals surface area contributed by atoms with Crippen molar-refractivity contribution in [2.24, 2.45) is 0 Å². The van der Waals surface area contributed by atoms with Crippen molar-refractivity contribution in [1.82, 2.24) is 0 Å². The molecule has 1 N–H and O–H groups in total. The van der Waals surface area contributed by atoms with Gasteiger partial charge in [-0.2, -0.15) is 13.2 Å². The summed E-state index contributed by atoms with van der Waals surface area (Å²) in [5, 5.41) is 9.27. The Labute approximate surface area is 93.1 Å². The third-order valence-corrected chi connectivity index (χ3v) is 3.08. The lowest BCUT2D eigenvalue weighted by Gasteiger charge is -2.11. The highest BCUT2D eigenvalue weighted by atomic mass is 127. The van der Waals surface area contributed by atoms with E-state index in [2.05, 4.69) is 0 Å². The van der Waals surface area contributed by atoms with E-state index in [0.29, 0.717) is 15.6 Å². The van der Waals surface area contributed by atoms with Crippen molar-refractivity contribution < 1.29 is 18.3 Å². The standard InChI is InChI=1S/C9H8F3IO/c1-2-5-3-6(9(10,11)12)4-7(14)8(5)13/h3-4,14H,2H2,1H3. The van der Waals surface area contributed by atoms with Crippen molar-refractivity contribution in [3.05, 3.63) is 26.8 Å². The monoisotopic (exact) mass is 316 g/mol. The largest absolute Gasteiger partial charge is 0.507 e. The summed E-state index contributed by atoms with van der Waals surface area (Å²) in [6.45, 7) is 1.75. The van der Waals surface area contributed by atoms with Crippen molar-refractivity contribution in [3.63, 3.8) is 0 Å². The van der Waals surface area contributed by atoms with Crippen LogP contribution >= 0.6 is 22.6 Å². The van der Waals surface area contributed by atoms with Crippen molar-refractivity contribution in [2.75, 3.05) is 0 Å². The van der Waals surface area contributed by atoms with Gasteiger partial charge in [0.2, 0.25) is 0 Å². The Balaban J connectivity index is 3.30. The van der Waals surface area contributed by atoms with Gasteiger partial charge >= 0.3 is 6.18 Å². The fourth-order valence-electron chi connectivity index (χ4n) is 1.09. The van der Waals surface area contributed by atoms with Gasteiger partial charge in [-0.15, -0.1) is 0 Å². The molecule has 5 heteroatoms. The SMILES string of the molecule is CCc1cc(C(F)(F)F)cc(O)c1I. The summed E-state index contributed by atoms with van der Waals surface area (Å²) < 4.78 is 37.4. The highest BCUT2D eigenvalue weighted by molar-refractivity contribution is 14.1. The molecule has 0 aliphatic rings. The predicted molar refractivity (Wildman–Crippen MR) is 55.2 cm³/mol. The summed E-state index contributed by atoms with van der Waals surface area (Å²) in [4.78, 5) is 0. The zero-order chi connectivity index (χ0) is 10.9. The lowest BCUT2D eigenvalue weighted by molar-refractivity contribution is -0.137. The first-order valence-corrected chi connectivity index (χ1v) is 5.02. The van der Waals surface area contributed by atoms with Gasteiger partial charge in [-0.05, 0) is 46.7 Å². The summed E-state index contributed by atoms with van der Waals surface area (Å²) in [7, 11) is 0. The van der Waals surface area contributed by atoms with Crippen LogP contribution in [0.2, 0.25) is 0 Å². The Morgan fingerprint density at radius 2 is 1.93 bits per heavy atom. The maximum atomic E-state index is 12.3. The van der Waals surface area contributed by atoms with Crippen molar-refractivity contribution in [2.45, 2.75) is 19.5 Å². The van der Waals surface area contributed by atoms with Crippen LogP contribution in [-0.2, 0) is 12.6 Å². The van der Waals surface area contributed by atoms with Crippen LogP contribution in [-0.4, -0.2) is 5.11 Å². The molecule has 1 rings (SSSR count). The number of aryl methyl sites for hydroxylation is 1. The van der Waals surface area contributed by atoms with Crippen LogP contribution < -0.4 is 0 Å². The van der Waals surface area contributed by atoms with Crippen LogP contribution in [0.5, 0.6) is 5.75 Å². The van der Waals surface area contributed by atoms with E-state index in [9.17, 15) is 18.3 Å². The summed E-state index contributed by atoms with van der Waals surface area (Å²) in [6.07, 6.45) is -3.93. The number of hydrogen-bond acceptors (Lipinski definition) is 1. The molecular formula is C9H8F3IO. The van der Waals surface area contributed by atoms with E-state index in [0.717, 1.165) is 12.1 Å². The van der Waals surface area contributed by atoms with Gasteiger partial charge < -0.3 is 5.11 Å². The molecular weight excluding hydrogens is 308 g/mol. The van der Waals surface area contributed by atoms with E-state index in [1.165, 1.54) is 0 Å². The van der Waals surface area contributed by atoms with Gasteiger partial charge in [0.1, 0.15) is 5.75 Å². The molecule has 0 amide bonds. The average molecular weight is 316 g/mol. The van der Waals surface area contributed by atoms with E-state index in [1.807, 2.05) is 22.6 Å². The number of aromatic hydroxyl groups is 1. The first-order valence-electron chi connectivity index (χ1n) is 3.94. The van der Waals surface area contributed by atoms with Crippen molar-refractivity contribution in [3.8, 4) is 5.75 Å². The molecule has 0 fully saturated rings. The molecule has 0 spiro atoms. The lowest BCUT2D eigenvalue weighted by atomic mass is 10.1. The van der Waals surface area contributed by atoms with Crippen LogP contribution in [0.4, 0.5) is 13.2 Å². The Kier molecular flexibility index (Phi) is 3.28. The molecule has 0 aromatic heterocycles. The molecule has 0 saturated carbocycles. The minimum atomic E-state index is -4.40. The molecule has 1 aromatic rings. The molecule has 0 heterocycles. The lowest BCUT2D eigenvalue weighted by Crippen LogP contribution is -2.06. The fraction of sp³-hybridized carbons (Fsp3) is 0.333. The molecule has 0 radical (unpaired) electrons. The molecule has 1 aromatic carbocycles. The minimum absolute atomic E-state index is 0.308. The highest BCUT2D eigenvalue weighted by Gasteiger charge is 2.31. The first kappa shape index (κ1) is 11.6. The van der Waals surface area contributed by atoms with Gasteiger partial charge in [0, 0.05) is 0 Å². The number of hydrogen-bond donors (Lipinski definition) is 1. The summed E-state index contributed by atoms with van der Waals surface area (Å²) in [6, 6.07) is 1.82. The van der Waals surface area contributed by atoms with E-state index in [1.54, 1.807) is 6.92 Å². The zero-order valence-corrected chi connectivity index (χ0v) is 9.48. The predicted octanol–water partition coefficient (Wildman–Crippen LogP) is 3.58. The Bertz CT molecular complexity index is 347. The van der Waals surface area contributed by atoms with E-state index in [4.69, 9.17) is 0 Å². The van der Waals surface area contributed by atoms with Crippen LogP contribution in [0.1, 0.15) is 18.1 Å². The number of phenolic OH excluding ortho intramolecular Hbond substituents is 1. The fourth-order valence-corrected chi connectivity index (χ4v) is 1.78. The summed E-state index contributed by atoms with van der Waals surface area (Å²) in [5.41, 5.74) is -0.287. The summed E-state index contributed by atoms with van der Waals surface area (Å²) >= 11 is 1.83. The molecule has 14 heavy (non-hydrogen) atoms. The molecule has 1 nitrogen and oxygen atoms in total. The normalized spacial score (nSPS) is 11.8. The molecule has 0 atom stereocenters. The number of halogens is 4. The van der Waals surface area contributed by atoms with Gasteiger partial charge in [0.15, 0.2) is 0 Å². The molecule has 0 saturated heterocycles. The number of phenols is 1. The number of alkyl halides is 3. The maximum Gasteiger partial charge on any atom is 0.416 e. The minimum Gasteiger partial charge on any atom is -0.507 e. The maximum absolute atomic E-state index is 12.3. The van der Waals surface area contributed by atoms with Gasteiger partial charge in [-0.1, -0.05) is 6.92 Å². The Morgan fingerprint density at radius 1 is 1.36 bits per heavy atom. The first-order chi connectivity index (χ1) is 6.36. The van der Waals surface area contributed by atoms with Crippen LogP contribution in [0.15, 0.2) is 12.1 Å². The second-order valence-electron chi connectivity index (χ2n) is 2.82. The van der Waals surface area contributed by atoms with E-state index >= 15 is 0 Å². The average Bonchev–Trinajstić information content (AvgIpc) is 2.07. The van der Waals surface area contributed by atoms with Gasteiger partial charge in [0.25, 0.3) is 0 Å².